The number of aryl methyl sites for hydroxylation is 1. The van der Waals surface area contributed by atoms with Crippen LogP contribution in [-0.2, 0) is 9.84 Å². The Morgan fingerprint density at radius 1 is 1.03 bits per heavy atom. The molecule has 0 radical (unpaired) electrons. The number of hydrogen-bond acceptors (Lipinski definition) is 5. The zero-order valence-corrected chi connectivity index (χ0v) is 17.4. The van der Waals surface area contributed by atoms with Gasteiger partial charge in [-0.25, -0.2) is 12.8 Å². The molecule has 2 aromatic carbocycles. The molecule has 1 aliphatic heterocycles. The molecule has 2 heterocycles. The van der Waals surface area contributed by atoms with E-state index in [-0.39, 0.29) is 9.79 Å². The summed E-state index contributed by atoms with van der Waals surface area (Å²) in [4.78, 5) is 9.05. The van der Waals surface area contributed by atoms with Gasteiger partial charge in [0, 0.05) is 37.8 Å². The Balaban J connectivity index is 1.91. The van der Waals surface area contributed by atoms with Crippen molar-refractivity contribution in [2.45, 2.75) is 23.6 Å². The van der Waals surface area contributed by atoms with Crippen molar-refractivity contribution in [2.24, 2.45) is 0 Å². The molecule has 0 atom stereocenters. The summed E-state index contributed by atoms with van der Waals surface area (Å²) in [7, 11) is -3.80. The quantitative estimate of drug-likeness (QED) is 0.653. The molecule has 3 aromatic rings. The van der Waals surface area contributed by atoms with Gasteiger partial charge in [0.1, 0.15) is 10.7 Å². The highest BCUT2D eigenvalue weighted by atomic mass is 32.2. The second-order valence-electron chi connectivity index (χ2n) is 7.37. The maximum atomic E-state index is 14.1. The number of fused-ring (bicyclic) bond motifs is 1. The van der Waals surface area contributed by atoms with Crippen molar-refractivity contribution in [1.82, 2.24) is 9.88 Å². The van der Waals surface area contributed by atoms with Crippen molar-refractivity contribution >= 4 is 26.4 Å². The third-order valence-electron chi connectivity index (χ3n) is 5.52. The van der Waals surface area contributed by atoms with Crippen molar-refractivity contribution in [1.29, 1.82) is 0 Å². The van der Waals surface area contributed by atoms with E-state index in [0.29, 0.717) is 29.7 Å². The molecule has 29 heavy (non-hydrogen) atoms. The van der Waals surface area contributed by atoms with Crippen LogP contribution < -0.4 is 4.90 Å². The molecule has 7 heteroatoms. The van der Waals surface area contributed by atoms with Gasteiger partial charge in [-0.05, 0) is 43.8 Å². The van der Waals surface area contributed by atoms with Crippen LogP contribution in [0.15, 0.2) is 58.5 Å². The van der Waals surface area contributed by atoms with Crippen LogP contribution in [0, 0.1) is 12.7 Å². The molecule has 1 fully saturated rings. The van der Waals surface area contributed by atoms with Gasteiger partial charge in [0.15, 0.2) is 0 Å². The Bertz CT molecular complexity index is 1140. The number of halogens is 1. The molecule has 0 bridgehead atoms. The zero-order valence-electron chi connectivity index (χ0n) is 16.6. The van der Waals surface area contributed by atoms with Gasteiger partial charge in [-0.2, -0.15) is 0 Å². The lowest BCUT2D eigenvalue weighted by molar-refractivity contribution is 0.271. The number of piperazine rings is 1. The maximum Gasteiger partial charge on any atom is 0.210 e. The SMILES string of the molecule is CCN1CCN(c2c(S(=O)(=O)c3ccc(C)cc3)cnc3ccc(F)cc23)CC1. The fourth-order valence-electron chi connectivity index (χ4n) is 3.79. The predicted molar refractivity (Wildman–Crippen MR) is 113 cm³/mol. The van der Waals surface area contributed by atoms with Crippen molar-refractivity contribution in [3.63, 3.8) is 0 Å². The maximum absolute atomic E-state index is 14.1. The topological polar surface area (TPSA) is 53.5 Å². The molecule has 5 nitrogen and oxygen atoms in total. The van der Waals surface area contributed by atoms with Crippen molar-refractivity contribution in [3.05, 3.63) is 60.0 Å². The average molecular weight is 414 g/mol. The number of sulfone groups is 1. The van der Waals surface area contributed by atoms with Gasteiger partial charge >= 0.3 is 0 Å². The largest absolute Gasteiger partial charge is 0.367 e. The summed E-state index contributed by atoms with van der Waals surface area (Å²) in [6.07, 6.45) is 1.41. The average Bonchev–Trinajstić information content (AvgIpc) is 2.73. The van der Waals surface area contributed by atoms with Gasteiger partial charge in [0.25, 0.3) is 0 Å². The molecule has 4 rings (SSSR count). The molecule has 1 saturated heterocycles. The predicted octanol–water partition coefficient (Wildman–Crippen LogP) is 3.66. The fraction of sp³-hybridized carbons (Fsp3) is 0.318. The van der Waals surface area contributed by atoms with E-state index in [1.54, 1.807) is 30.3 Å². The summed E-state index contributed by atoms with van der Waals surface area (Å²) in [5.41, 5.74) is 2.12. The van der Waals surface area contributed by atoms with Gasteiger partial charge in [0.05, 0.1) is 16.1 Å². The first kappa shape index (κ1) is 19.8. The van der Waals surface area contributed by atoms with E-state index in [0.717, 1.165) is 25.2 Å². The monoisotopic (exact) mass is 413 g/mol. The molecule has 0 amide bonds. The second-order valence-corrected chi connectivity index (χ2v) is 9.29. The molecule has 1 aromatic heterocycles. The molecule has 152 valence electrons. The van der Waals surface area contributed by atoms with E-state index in [1.165, 1.54) is 18.3 Å². The number of pyridine rings is 1. The summed E-state index contributed by atoms with van der Waals surface area (Å²) in [6.45, 7) is 8.00. The molecule has 0 saturated carbocycles. The van der Waals surface area contributed by atoms with Crippen LogP contribution in [0.3, 0.4) is 0 Å². The minimum Gasteiger partial charge on any atom is -0.367 e. The summed E-state index contributed by atoms with van der Waals surface area (Å²) in [6, 6.07) is 11.1. The molecule has 0 spiro atoms. The van der Waals surface area contributed by atoms with Crippen LogP contribution in [0.25, 0.3) is 10.9 Å². The van der Waals surface area contributed by atoms with Crippen LogP contribution in [0.5, 0.6) is 0 Å². The first-order valence-corrected chi connectivity index (χ1v) is 11.3. The van der Waals surface area contributed by atoms with E-state index in [1.807, 2.05) is 6.92 Å². The van der Waals surface area contributed by atoms with Crippen molar-refractivity contribution < 1.29 is 12.8 Å². The highest BCUT2D eigenvalue weighted by Crippen LogP contribution is 2.36. The van der Waals surface area contributed by atoms with Gasteiger partial charge in [0.2, 0.25) is 9.84 Å². The highest BCUT2D eigenvalue weighted by molar-refractivity contribution is 7.91. The molecule has 0 unspecified atom stereocenters. The van der Waals surface area contributed by atoms with E-state index >= 15 is 0 Å². The Kier molecular flexibility index (Phi) is 5.27. The Labute approximate surface area is 170 Å². The minimum absolute atomic E-state index is 0.129. The number of likely N-dealkylation sites (N-methyl/N-ethyl adjacent to an activating group) is 1. The van der Waals surface area contributed by atoms with E-state index in [2.05, 4.69) is 21.7 Å². The van der Waals surface area contributed by atoms with Crippen LogP contribution in [-0.4, -0.2) is 51.0 Å². The van der Waals surface area contributed by atoms with E-state index in [9.17, 15) is 12.8 Å². The zero-order chi connectivity index (χ0) is 20.6. The third-order valence-corrected chi connectivity index (χ3v) is 7.30. The standard InChI is InChI=1S/C22H24FN3O2S/c1-3-25-10-12-26(13-11-25)22-19-14-17(23)6-9-20(19)24-15-21(22)29(27,28)18-7-4-16(2)5-8-18/h4-9,14-15H,3,10-13H2,1-2H3. The Morgan fingerprint density at radius 2 is 1.72 bits per heavy atom. The lowest BCUT2D eigenvalue weighted by Gasteiger charge is -2.36. The molecular weight excluding hydrogens is 389 g/mol. The lowest BCUT2D eigenvalue weighted by Crippen LogP contribution is -2.46. The number of nitrogens with zero attached hydrogens (tertiary/aromatic N) is 3. The van der Waals surface area contributed by atoms with Gasteiger partial charge in [-0.15, -0.1) is 0 Å². The summed E-state index contributed by atoms with van der Waals surface area (Å²) in [5.74, 6) is -0.405. The van der Waals surface area contributed by atoms with Gasteiger partial charge < -0.3 is 9.80 Å². The van der Waals surface area contributed by atoms with Gasteiger partial charge in [-0.1, -0.05) is 24.6 Å². The number of rotatable bonds is 4. The van der Waals surface area contributed by atoms with E-state index < -0.39 is 15.7 Å². The third kappa shape index (κ3) is 3.72. The summed E-state index contributed by atoms with van der Waals surface area (Å²) in [5, 5.41) is 0.531. The first-order valence-electron chi connectivity index (χ1n) is 9.77. The summed E-state index contributed by atoms with van der Waals surface area (Å²) < 4.78 is 41.1. The smallest absolute Gasteiger partial charge is 0.210 e. The molecule has 0 N–H and O–H groups in total. The molecule has 1 aliphatic rings. The van der Waals surface area contributed by atoms with E-state index in [4.69, 9.17) is 0 Å². The minimum atomic E-state index is -3.80. The van der Waals surface area contributed by atoms with Crippen LogP contribution in [0.1, 0.15) is 12.5 Å². The Morgan fingerprint density at radius 3 is 2.38 bits per heavy atom. The number of anilines is 1. The summed E-state index contributed by atoms with van der Waals surface area (Å²) >= 11 is 0. The molecule has 0 aliphatic carbocycles. The number of hydrogen-bond donors (Lipinski definition) is 0. The van der Waals surface area contributed by atoms with Crippen LogP contribution in [0.4, 0.5) is 10.1 Å². The number of aromatic nitrogens is 1. The molecular formula is C22H24FN3O2S. The fourth-order valence-corrected chi connectivity index (χ4v) is 5.22. The van der Waals surface area contributed by atoms with Gasteiger partial charge in [-0.3, -0.25) is 4.98 Å². The van der Waals surface area contributed by atoms with Crippen LogP contribution >= 0.6 is 0 Å². The van der Waals surface area contributed by atoms with Crippen LogP contribution in [0.2, 0.25) is 0 Å². The first-order chi connectivity index (χ1) is 13.9. The number of benzene rings is 2. The highest BCUT2D eigenvalue weighted by Gasteiger charge is 2.28. The normalized spacial score (nSPS) is 15.8. The van der Waals surface area contributed by atoms with Crippen molar-refractivity contribution in [3.8, 4) is 0 Å². The second kappa shape index (κ2) is 7.72. The lowest BCUT2D eigenvalue weighted by atomic mass is 10.1. The van der Waals surface area contributed by atoms with Crippen molar-refractivity contribution in [2.75, 3.05) is 37.6 Å². The Hall–Kier alpha value is -2.51.